The number of methoxy groups -OCH3 is 2. The van der Waals surface area contributed by atoms with Crippen molar-refractivity contribution in [1.29, 1.82) is 0 Å². The first-order chi connectivity index (χ1) is 12.5. The van der Waals surface area contributed by atoms with Crippen LogP contribution in [0.15, 0.2) is 30.3 Å². The van der Waals surface area contributed by atoms with Crippen LogP contribution in [0.4, 0.5) is 11.6 Å². The second-order valence-corrected chi connectivity index (χ2v) is 5.94. The molecule has 2 N–H and O–H groups in total. The minimum absolute atomic E-state index is 0.316. The van der Waals surface area contributed by atoms with Gasteiger partial charge in [-0.1, -0.05) is 0 Å². The van der Waals surface area contributed by atoms with Gasteiger partial charge in [0.25, 0.3) is 5.91 Å². The number of aromatic nitrogens is 2. The van der Waals surface area contributed by atoms with Crippen molar-refractivity contribution in [2.45, 2.75) is 6.42 Å². The molecule has 2 aromatic rings. The van der Waals surface area contributed by atoms with Gasteiger partial charge in [0.1, 0.15) is 17.3 Å². The quantitative estimate of drug-likeness (QED) is 0.663. The van der Waals surface area contributed by atoms with E-state index in [-0.39, 0.29) is 5.91 Å². The van der Waals surface area contributed by atoms with Gasteiger partial charge in [-0.25, -0.2) is 0 Å². The summed E-state index contributed by atoms with van der Waals surface area (Å²) in [7, 11) is 7.14. The van der Waals surface area contributed by atoms with Crippen LogP contribution in [0.5, 0.6) is 11.5 Å². The number of amides is 1. The van der Waals surface area contributed by atoms with Gasteiger partial charge in [-0.2, -0.15) is 0 Å². The van der Waals surface area contributed by atoms with Crippen LogP contribution in [0.25, 0.3) is 0 Å². The van der Waals surface area contributed by atoms with Crippen LogP contribution >= 0.6 is 0 Å². The molecule has 0 bridgehead atoms. The van der Waals surface area contributed by atoms with Crippen LogP contribution in [-0.4, -0.2) is 62.4 Å². The second-order valence-electron chi connectivity index (χ2n) is 5.94. The highest BCUT2D eigenvalue weighted by molar-refractivity contribution is 6.04. The third kappa shape index (κ3) is 5.89. The molecule has 0 aliphatic rings. The SMILES string of the molecule is COc1cc(OC)cc(C(=O)Nc2ccc(NCCCN(C)C)nn2)c1. The maximum atomic E-state index is 12.4. The lowest BCUT2D eigenvalue weighted by molar-refractivity contribution is 0.102. The number of carbonyl (C=O) groups is 1. The summed E-state index contributed by atoms with van der Waals surface area (Å²) in [5.74, 6) is 1.80. The monoisotopic (exact) mass is 359 g/mol. The zero-order valence-electron chi connectivity index (χ0n) is 15.6. The third-order valence-electron chi connectivity index (χ3n) is 3.61. The zero-order chi connectivity index (χ0) is 18.9. The van der Waals surface area contributed by atoms with Crippen LogP contribution < -0.4 is 20.1 Å². The van der Waals surface area contributed by atoms with Gasteiger partial charge in [0.05, 0.1) is 14.2 Å². The number of nitrogens with one attached hydrogen (secondary N) is 2. The molecule has 8 nitrogen and oxygen atoms in total. The van der Waals surface area contributed by atoms with E-state index in [0.29, 0.717) is 28.7 Å². The Morgan fingerprint density at radius 3 is 2.19 bits per heavy atom. The molecule has 0 radical (unpaired) electrons. The summed E-state index contributed by atoms with van der Waals surface area (Å²) in [6.07, 6.45) is 1.00. The van der Waals surface area contributed by atoms with E-state index in [1.165, 1.54) is 14.2 Å². The van der Waals surface area contributed by atoms with Gasteiger partial charge in [-0.3, -0.25) is 4.79 Å². The second kappa shape index (κ2) is 9.57. The Balaban J connectivity index is 1.95. The minimum atomic E-state index is -0.316. The van der Waals surface area contributed by atoms with E-state index >= 15 is 0 Å². The minimum Gasteiger partial charge on any atom is -0.497 e. The van der Waals surface area contributed by atoms with Crippen molar-refractivity contribution in [2.24, 2.45) is 0 Å². The summed E-state index contributed by atoms with van der Waals surface area (Å²) in [5, 5.41) is 14.0. The molecule has 2 rings (SSSR count). The average molecular weight is 359 g/mol. The van der Waals surface area contributed by atoms with E-state index in [2.05, 4.69) is 25.7 Å². The highest BCUT2D eigenvalue weighted by Gasteiger charge is 2.11. The van der Waals surface area contributed by atoms with Crippen LogP contribution in [-0.2, 0) is 0 Å². The van der Waals surface area contributed by atoms with E-state index < -0.39 is 0 Å². The first-order valence-electron chi connectivity index (χ1n) is 8.28. The molecule has 1 aromatic heterocycles. The normalized spacial score (nSPS) is 10.5. The summed E-state index contributed by atoms with van der Waals surface area (Å²) in [6.45, 7) is 1.81. The molecule has 0 atom stereocenters. The first kappa shape index (κ1) is 19.5. The molecule has 26 heavy (non-hydrogen) atoms. The molecule has 1 heterocycles. The Labute approximate surface area is 153 Å². The molecule has 0 spiro atoms. The van der Waals surface area contributed by atoms with Crippen LogP contribution in [0.3, 0.4) is 0 Å². The van der Waals surface area contributed by atoms with E-state index in [1.807, 2.05) is 14.1 Å². The lowest BCUT2D eigenvalue weighted by atomic mass is 10.2. The molecular weight excluding hydrogens is 334 g/mol. The molecule has 1 amide bonds. The van der Waals surface area contributed by atoms with E-state index in [0.717, 1.165) is 19.5 Å². The molecule has 0 fully saturated rings. The van der Waals surface area contributed by atoms with Gasteiger partial charge >= 0.3 is 0 Å². The van der Waals surface area contributed by atoms with E-state index in [1.54, 1.807) is 30.3 Å². The molecular formula is C18H25N5O3. The van der Waals surface area contributed by atoms with Crippen molar-refractivity contribution < 1.29 is 14.3 Å². The number of benzene rings is 1. The average Bonchev–Trinajstić information content (AvgIpc) is 2.65. The largest absolute Gasteiger partial charge is 0.497 e. The molecule has 8 heteroatoms. The lowest BCUT2D eigenvalue weighted by Crippen LogP contribution is -2.17. The van der Waals surface area contributed by atoms with Gasteiger partial charge in [0, 0.05) is 18.2 Å². The standard InChI is InChI=1S/C18H25N5O3/c1-23(2)9-5-8-19-16-6-7-17(22-21-16)20-18(24)13-10-14(25-3)12-15(11-13)26-4/h6-7,10-12H,5,8-9H2,1-4H3,(H,19,21)(H,20,22,24). The summed E-state index contributed by atoms with van der Waals surface area (Å²) >= 11 is 0. The summed E-state index contributed by atoms with van der Waals surface area (Å²) in [4.78, 5) is 14.5. The molecule has 0 unspecified atom stereocenters. The number of anilines is 2. The van der Waals surface area contributed by atoms with Crippen molar-refractivity contribution >= 4 is 17.5 Å². The van der Waals surface area contributed by atoms with Gasteiger partial charge in [0.15, 0.2) is 5.82 Å². The maximum absolute atomic E-state index is 12.4. The Morgan fingerprint density at radius 1 is 1.04 bits per heavy atom. The van der Waals surface area contributed by atoms with Crippen LogP contribution in [0, 0.1) is 0 Å². The summed E-state index contributed by atoms with van der Waals surface area (Å²) < 4.78 is 10.4. The fourth-order valence-corrected chi connectivity index (χ4v) is 2.23. The van der Waals surface area contributed by atoms with Crippen LogP contribution in [0.2, 0.25) is 0 Å². The number of rotatable bonds is 9. The Morgan fingerprint density at radius 2 is 1.65 bits per heavy atom. The number of hydrogen-bond donors (Lipinski definition) is 2. The van der Waals surface area contributed by atoms with Crippen molar-refractivity contribution in [3.05, 3.63) is 35.9 Å². The first-order valence-corrected chi connectivity index (χ1v) is 8.28. The Hall–Kier alpha value is -2.87. The number of carbonyl (C=O) groups excluding carboxylic acids is 1. The Kier molecular flexibility index (Phi) is 7.16. The van der Waals surface area contributed by atoms with E-state index in [4.69, 9.17) is 9.47 Å². The lowest BCUT2D eigenvalue weighted by Gasteiger charge is -2.10. The summed E-state index contributed by atoms with van der Waals surface area (Å²) in [6, 6.07) is 8.45. The zero-order valence-corrected chi connectivity index (χ0v) is 15.6. The number of ether oxygens (including phenoxy) is 2. The molecule has 1 aromatic carbocycles. The highest BCUT2D eigenvalue weighted by atomic mass is 16.5. The fraction of sp³-hybridized carbons (Fsp3) is 0.389. The van der Waals surface area contributed by atoms with Crippen molar-refractivity contribution in [2.75, 3.05) is 52.0 Å². The Bertz CT molecular complexity index is 697. The highest BCUT2D eigenvalue weighted by Crippen LogP contribution is 2.23. The van der Waals surface area contributed by atoms with Gasteiger partial charge in [-0.05, 0) is 51.3 Å². The van der Waals surface area contributed by atoms with Crippen molar-refractivity contribution in [1.82, 2.24) is 15.1 Å². The predicted octanol–water partition coefficient (Wildman–Crippen LogP) is 2.11. The van der Waals surface area contributed by atoms with Crippen LogP contribution in [0.1, 0.15) is 16.8 Å². The van der Waals surface area contributed by atoms with Gasteiger partial charge < -0.3 is 25.0 Å². The number of nitrogens with zero attached hydrogens (tertiary/aromatic N) is 3. The van der Waals surface area contributed by atoms with Crippen molar-refractivity contribution in [3.8, 4) is 11.5 Å². The number of hydrogen-bond acceptors (Lipinski definition) is 7. The smallest absolute Gasteiger partial charge is 0.257 e. The molecule has 0 aliphatic heterocycles. The molecule has 0 saturated heterocycles. The van der Waals surface area contributed by atoms with E-state index in [9.17, 15) is 4.79 Å². The maximum Gasteiger partial charge on any atom is 0.257 e. The van der Waals surface area contributed by atoms with Crippen molar-refractivity contribution in [3.63, 3.8) is 0 Å². The molecule has 0 aliphatic carbocycles. The topological polar surface area (TPSA) is 88.6 Å². The third-order valence-corrected chi connectivity index (χ3v) is 3.61. The fourth-order valence-electron chi connectivity index (χ4n) is 2.23. The predicted molar refractivity (Wildman–Crippen MR) is 101 cm³/mol. The van der Waals surface area contributed by atoms with Gasteiger partial charge in [0.2, 0.25) is 0 Å². The summed E-state index contributed by atoms with van der Waals surface area (Å²) in [5.41, 5.74) is 0.411. The molecule has 0 saturated carbocycles. The molecule has 140 valence electrons. The van der Waals surface area contributed by atoms with Gasteiger partial charge in [-0.15, -0.1) is 10.2 Å².